The molecule has 0 saturated carbocycles. The third kappa shape index (κ3) is 3.24. The van der Waals surface area contributed by atoms with Crippen LogP contribution >= 0.6 is 0 Å². The molecule has 2 aliphatic rings. The van der Waals surface area contributed by atoms with Gasteiger partial charge in [-0.2, -0.15) is 5.10 Å². The molecular weight excluding hydrogens is 316 g/mol. The number of hydrogen-bond donors (Lipinski definition) is 0. The first-order valence-corrected chi connectivity index (χ1v) is 8.63. The summed E-state index contributed by atoms with van der Waals surface area (Å²) >= 11 is 0. The van der Waals surface area contributed by atoms with Crippen molar-refractivity contribution < 1.29 is 4.79 Å². The van der Waals surface area contributed by atoms with Crippen LogP contribution in [0.5, 0.6) is 0 Å². The molecule has 0 radical (unpaired) electrons. The van der Waals surface area contributed by atoms with Gasteiger partial charge in [-0.05, 0) is 31.0 Å². The van der Waals surface area contributed by atoms with Crippen LogP contribution in [0, 0.1) is 11.8 Å². The van der Waals surface area contributed by atoms with Crippen LogP contribution in [0.4, 0.5) is 0 Å². The first-order valence-electron chi connectivity index (χ1n) is 8.63. The largest absolute Gasteiger partial charge is 0.342 e. The van der Waals surface area contributed by atoms with E-state index in [0.717, 1.165) is 24.1 Å². The molecule has 0 bridgehead atoms. The van der Waals surface area contributed by atoms with Crippen LogP contribution in [0.15, 0.2) is 53.6 Å². The number of carbonyl (C=O) groups is 1. The van der Waals surface area contributed by atoms with Crippen molar-refractivity contribution >= 4 is 5.91 Å². The van der Waals surface area contributed by atoms with Crippen LogP contribution in [0.25, 0.3) is 11.3 Å². The monoisotopic (exact) mass is 336 g/mol. The van der Waals surface area contributed by atoms with E-state index in [1.165, 1.54) is 4.68 Å². The number of allylic oxidation sites excluding steroid dienone is 2. The normalized spacial score (nSPS) is 17.7. The Morgan fingerprint density at radius 1 is 1.08 bits per heavy atom. The summed E-state index contributed by atoms with van der Waals surface area (Å²) in [6.45, 7) is 1.97. The Balaban J connectivity index is 1.40. The Hall–Kier alpha value is -2.76. The topological polar surface area (TPSA) is 68.1 Å². The predicted octanol–water partition coefficient (Wildman–Crippen LogP) is 1.73. The minimum Gasteiger partial charge on any atom is -0.342 e. The quantitative estimate of drug-likeness (QED) is 0.798. The summed E-state index contributed by atoms with van der Waals surface area (Å²) in [7, 11) is 0. The van der Waals surface area contributed by atoms with Crippen LogP contribution < -0.4 is 5.56 Å². The highest BCUT2D eigenvalue weighted by Crippen LogP contribution is 2.25. The standard InChI is InChI=1S/C19H20N4O2/c24-18-6-5-17(15-7-9-20-10-8-15)21-23(18)13-14-11-22(12-14)19(25)16-3-1-2-4-16/h1-2,5-10,14,16H,3-4,11-13H2. The highest BCUT2D eigenvalue weighted by Gasteiger charge is 2.34. The highest BCUT2D eigenvalue weighted by molar-refractivity contribution is 5.80. The molecule has 1 saturated heterocycles. The number of amides is 1. The zero-order valence-electron chi connectivity index (χ0n) is 13.9. The maximum absolute atomic E-state index is 12.3. The third-order valence-electron chi connectivity index (χ3n) is 4.90. The van der Waals surface area contributed by atoms with Gasteiger partial charge in [-0.25, -0.2) is 4.68 Å². The van der Waals surface area contributed by atoms with Gasteiger partial charge in [-0.1, -0.05) is 12.2 Å². The Morgan fingerprint density at radius 2 is 1.80 bits per heavy atom. The SMILES string of the molecule is O=C(C1CC=CC1)N1CC(Cn2nc(-c3ccncc3)ccc2=O)C1. The van der Waals surface area contributed by atoms with Crippen molar-refractivity contribution in [3.8, 4) is 11.3 Å². The summed E-state index contributed by atoms with van der Waals surface area (Å²) in [5.41, 5.74) is 1.58. The average molecular weight is 336 g/mol. The number of likely N-dealkylation sites (tertiary alicyclic amines) is 1. The molecule has 1 amide bonds. The van der Waals surface area contributed by atoms with Crippen LogP contribution in [-0.2, 0) is 11.3 Å². The molecule has 2 aromatic rings. The summed E-state index contributed by atoms with van der Waals surface area (Å²) < 4.78 is 1.51. The van der Waals surface area contributed by atoms with Gasteiger partial charge in [0.15, 0.2) is 0 Å². The van der Waals surface area contributed by atoms with Crippen LogP contribution in [0.1, 0.15) is 12.8 Å². The van der Waals surface area contributed by atoms with Crippen molar-refractivity contribution in [3.05, 3.63) is 59.2 Å². The molecule has 1 fully saturated rings. The van der Waals surface area contributed by atoms with Crippen molar-refractivity contribution in [2.24, 2.45) is 11.8 Å². The van der Waals surface area contributed by atoms with E-state index >= 15 is 0 Å². The van der Waals surface area contributed by atoms with Crippen molar-refractivity contribution in [3.63, 3.8) is 0 Å². The first-order chi connectivity index (χ1) is 12.2. The second kappa shape index (κ2) is 6.63. The van der Waals surface area contributed by atoms with Crippen LogP contribution in [0.3, 0.4) is 0 Å². The zero-order chi connectivity index (χ0) is 17.2. The van der Waals surface area contributed by atoms with Crippen molar-refractivity contribution in [2.75, 3.05) is 13.1 Å². The summed E-state index contributed by atoms with van der Waals surface area (Å²) in [5, 5.41) is 4.47. The molecular formula is C19H20N4O2. The van der Waals surface area contributed by atoms with E-state index in [9.17, 15) is 9.59 Å². The summed E-state index contributed by atoms with van der Waals surface area (Å²) in [5.74, 6) is 0.653. The minimum absolute atomic E-state index is 0.109. The number of carbonyl (C=O) groups excluding carboxylic acids is 1. The Morgan fingerprint density at radius 3 is 2.52 bits per heavy atom. The van der Waals surface area contributed by atoms with E-state index in [0.29, 0.717) is 19.6 Å². The summed E-state index contributed by atoms with van der Waals surface area (Å²) in [6.07, 6.45) is 9.28. The van der Waals surface area contributed by atoms with Gasteiger partial charge < -0.3 is 4.90 Å². The van der Waals surface area contributed by atoms with Gasteiger partial charge >= 0.3 is 0 Å². The van der Waals surface area contributed by atoms with Gasteiger partial charge in [0.05, 0.1) is 12.2 Å². The predicted molar refractivity (Wildman–Crippen MR) is 93.7 cm³/mol. The number of pyridine rings is 1. The second-order valence-electron chi connectivity index (χ2n) is 6.72. The fourth-order valence-corrected chi connectivity index (χ4v) is 3.44. The van der Waals surface area contributed by atoms with E-state index in [4.69, 9.17) is 0 Å². The molecule has 128 valence electrons. The van der Waals surface area contributed by atoms with Gasteiger partial charge in [-0.3, -0.25) is 14.6 Å². The third-order valence-corrected chi connectivity index (χ3v) is 4.90. The maximum Gasteiger partial charge on any atom is 0.266 e. The van der Waals surface area contributed by atoms with E-state index in [2.05, 4.69) is 22.2 Å². The molecule has 0 aromatic carbocycles. The maximum atomic E-state index is 12.3. The molecule has 3 heterocycles. The first kappa shape index (κ1) is 15.7. The molecule has 0 spiro atoms. The lowest BCUT2D eigenvalue weighted by Crippen LogP contribution is -2.53. The van der Waals surface area contributed by atoms with E-state index in [-0.39, 0.29) is 23.3 Å². The Labute approximate surface area is 145 Å². The lowest BCUT2D eigenvalue weighted by molar-refractivity contribution is -0.142. The van der Waals surface area contributed by atoms with Gasteiger partial charge in [0.1, 0.15) is 0 Å². The van der Waals surface area contributed by atoms with Crippen molar-refractivity contribution in [1.82, 2.24) is 19.7 Å². The van der Waals surface area contributed by atoms with Crippen LogP contribution in [0.2, 0.25) is 0 Å². The van der Waals surface area contributed by atoms with Gasteiger partial charge in [0, 0.05) is 48.9 Å². The molecule has 4 rings (SSSR count). The van der Waals surface area contributed by atoms with E-state index in [1.54, 1.807) is 24.5 Å². The van der Waals surface area contributed by atoms with Crippen molar-refractivity contribution in [1.29, 1.82) is 0 Å². The van der Waals surface area contributed by atoms with Gasteiger partial charge in [0.25, 0.3) is 5.56 Å². The molecule has 25 heavy (non-hydrogen) atoms. The number of aromatic nitrogens is 3. The van der Waals surface area contributed by atoms with Crippen LogP contribution in [-0.4, -0.2) is 38.7 Å². The number of rotatable bonds is 4. The second-order valence-corrected chi connectivity index (χ2v) is 6.72. The lowest BCUT2D eigenvalue weighted by Gasteiger charge is -2.40. The van der Waals surface area contributed by atoms with Crippen molar-refractivity contribution in [2.45, 2.75) is 19.4 Å². The molecule has 0 atom stereocenters. The molecule has 0 N–H and O–H groups in total. The Bertz CT molecular complexity index is 845. The van der Waals surface area contributed by atoms with E-state index < -0.39 is 0 Å². The lowest BCUT2D eigenvalue weighted by atomic mass is 9.96. The molecule has 6 nitrogen and oxygen atoms in total. The molecule has 0 unspecified atom stereocenters. The van der Waals surface area contributed by atoms with Gasteiger partial charge in [0.2, 0.25) is 5.91 Å². The number of hydrogen-bond acceptors (Lipinski definition) is 4. The zero-order valence-corrected chi connectivity index (χ0v) is 13.9. The molecule has 6 heteroatoms. The summed E-state index contributed by atoms with van der Waals surface area (Å²) in [6, 6.07) is 7.03. The minimum atomic E-state index is -0.109. The number of nitrogens with zero attached hydrogens (tertiary/aromatic N) is 4. The molecule has 2 aromatic heterocycles. The van der Waals surface area contributed by atoms with Gasteiger partial charge in [-0.15, -0.1) is 0 Å². The molecule has 1 aliphatic heterocycles. The fourth-order valence-electron chi connectivity index (χ4n) is 3.44. The smallest absolute Gasteiger partial charge is 0.266 e. The van der Waals surface area contributed by atoms with E-state index in [1.807, 2.05) is 17.0 Å². The molecule has 1 aliphatic carbocycles. The average Bonchev–Trinajstić information content (AvgIpc) is 3.14. The highest BCUT2D eigenvalue weighted by atomic mass is 16.2. The Kier molecular flexibility index (Phi) is 4.17. The fraction of sp³-hybridized carbons (Fsp3) is 0.368. The summed E-state index contributed by atoms with van der Waals surface area (Å²) in [4.78, 5) is 30.3.